The molecule has 0 atom stereocenters. The molecule has 0 unspecified atom stereocenters. The molecule has 0 aromatic heterocycles. The van der Waals surface area contributed by atoms with E-state index < -0.39 is 0 Å². The Balaban J connectivity index is 2.23. The molecule has 0 aliphatic carbocycles. The van der Waals surface area contributed by atoms with Gasteiger partial charge in [-0.15, -0.1) is 0 Å². The first-order chi connectivity index (χ1) is 7.74. The first kappa shape index (κ1) is 13.9. The average Bonchev–Trinajstić information content (AvgIpc) is 2.28. The number of nitrogens with one attached hydrogen (secondary N) is 1. The van der Waals surface area contributed by atoms with Crippen LogP contribution in [-0.4, -0.2) is 23.7 Å². The molecule has 2 N–H and O–H groups in total. The van der Waals surface area contributed by atoms with Crippen LogP contribution in [0, 0.1) is 0 Å². The standard InChI is InChI=1S/C12H18BrNOS/c1-16-7-3-2-6-14-9-10-8-11(15)4-5-12(10)13/h4-5,8,14-15H,2-3,6-7,9H2,1H3. The Morgan fingerprint density at radius 3 is 2.94 bits per heavy atom. The highest BCUT2D eigenvalue weighted by Crippen LogP contribution is 2.21. The van der Waals surface area contributed by atoms with E-state index in [0.717, 1.165) is 23.1 Å². The summed E-state index contributed by atoms with van der Waals surface area (Å²) in [6.07, 6.45) is 4.60. The Morgan fingerprint density at radius 2 is 2.19 bits per heavy atom. The van der Waals surface area contributed by atoms with Crippen molar-refractivity contribution in [2.75, 3.05) is 18.6 Å². The van der Waals surface area contributed by atoms with Crippen LogP contribution in [0.2, 0.25) is 0 Å². The van der Waals surface area contributed by atoms with Gasteiger partial charge < -0.3 is 10.4 Å². The highest BCUT2D eigenvalue weighted by Gasteiger charge is 2.00. The van der Waals surface area contributed by atoms with Gasteiger partial charge in [0.25, 0.3) is 0 Å². The average molecular weight is 304 g/mol. The highest BCUT2D eigenvalue weighted by molar-refractivity contribution is 9.10. The first-order valence-electron chi connectivity index (χ1n) is 5.41. The summed E-state index contributed by atoms with van der Waals surface area (Å²) in [6.45, 7) is 1.83. The van der Waals surface area contributed by atoms with Crippen molar-refractivity contribution < 1.29 is 5.11 Å². The second-order valence-corrected chi connectivity index (χ2v) is 5.49. The minimum absolute atomic E-state index is 0.322. The lowest BCUT2D eigenvalue weighted by Gasteiger charge is -2.07. The lowest BCUT2D eigenvalue weighted by Crippen LogP contribution is -2.15. The van der Waals surface area contributed by atoms with Gasteiger partial charge in [-0.3, -0.25) is 0 Å². The second kappa shape index (κ2) is 7.98. The molecule has 0 saturated heterocycles. The number of rotatable bonds is 7. The van der Waals surface area contributed by atoms with Gasteiger partial charge in [0, 0.05) is 11.0 Å². The number of hydrogen-bond donors (Lipinski definition) is 2. The molecule has 1 aromatic carbocycles. The smallest absolute Gasteiger partial charge is 0.115 e. The Hall–Kier alpha value is -0.190. The lowest BCUT2D eigenvalue weighted by atomic mass is 10.2. The van der Waals surface area contributed by atoms with E-state index in [1.807, 2.05) is 17.8 Å². The summed E-state index contributed by atoms with van der Waals surface area (Å²) in [7, 11) is 0. The van der Waals surface area contributed by atoms with Gasteiger partial charge in [-0.05, 0) is 55.2 Å². The van der Waals surface area contributed by atoms with Crippen LogP contribution in [0.15, 0.2) is 22.7 Å². The molecule has 0 fully saturated rings. The van der Waals surface area contributed by atoms with E-state index in [1.54, 1.807) is 12.1 Å². The quantitative estimate of drug-likeness (QED) is 0.757. The van der Waals surface area contributed by atoms with Gasteiger partial charge >= 0.3 is 0 Å². The summed E-state index contributed by atoms with van der Waals surface area (Å²) >= 11 is 5.36. The van der Waals surface area contributed by atoms with Crippen LogP contribution in [0.3, 0.4) is 0 Å². The van der Waals surface area contributed by atoms with Crippen LogP contribution in [-0.2, 0) is 6.54 Å². The summed E-state index contributed by atoms with van der Waals surface area (Å²) in [5, 5.41) is 12.7. The van der Waals surface area contributed by atoms with E-state index in [-0.39, 0.29) is 0 Å². The maximum Gasteiger partial charge on any atom is 0.115 e. The number of hydrogen-bond acceptors (Lipinski definition) is 3. The van der Waals surface area contributed by atoms with Crippen LogP contribution in [0.5, 0.6) is 5.75 Å². The first-order valence-corrected chi connectivity index (χ1v) is 7.60. The number of aromatic hydroxyl groups is 1. The number of halogens is 1. The molecular formula is C12H18BrNOS. The number of phenolic OH excluding ortho intramolecular Hbond substituents is 1. The maximum atomic E-state index is 9.36. The van der Waals surface area contributed by atoms with Gasteiger partial charge in [0.05, 0.1) is 0 Å². The lowest BCUT2D eigenvalue weighted by molar-refractivity contribution is 0.474. The Labute approximate surface area is 110 Å². The molecule has 0 amide bonds. The summed E-state index contributed by atoms with van der Waals surface area (Å²) < 4.78 is 1.04. The predicted octanol–water partition coefficient (Wildman–Crippen LogP) is 3.39. The third-order valence-electron chi connectivity index (χ3n) is 2.30. The fraction of sp³-hybridized carbons (Fsp3) is 0.500. The zero-order valence-corrected chi connectivity index (χ0v) is 11.9. The van der Waals surface area contributed by atoms with Crippen LogP contribution in [0.25, 0.3) is 0 Å². The zero-order chi connectivity index (χ0) is 11.8. The minimum Gasteiger partial charge on any atom is -0.508 e. The fourth-order valence-corrected chi connectivity index (χ4v) is 2.30. The van der Waals surface area contributed by atoms with E-state index >= 15 is 0 Å². The molecule has 90 valence electrons. The van der Waals surface area contributed by atoms with Crippen LogP contribution in [0.1, 0.15) is 18.4 Å². The molecule has 1 aromatic rings. The molecule has 0 spiro atoms. The molecule has 0 heterocycles. The molecule has 1 rings (SSSR count). The van der Waals surface area contributed by atoms with E-state index in [9.17, 15) is 5.11 Å². The third kappa shape index (κ3) is 5.23. The van der Waals surface area contributed by atoms with E-state index in [2.05, 4.69) is 27.5 Å². The van der Waals surface area contributed by atoms with Crippen molar-refractivity contribution in [3.05, 3.63) is 28.2 Å². The van der Waals surface area contributed by atoms with Gasteiger partial charge in [-0.1, -0.05) is 15.9 Å². The van der Waals surface area contributed by atoms with Crippen LogP contribution < -0.4 is 5.32 Å². The Morgan fingerprint density at radius 1 is 1.38 bits per heavy atom. The monoisotopic (exact) mass is 303 g/mol. The maximum absolute atomic E-state index is 9.36. The van der Waals surface area contributed by atoms with E-state index in [0.29, 0.717) is 5.75 Å². The molecule has 0 saturated carbocycles. The topological polar surface area (TPSA) is 32.3 Å². The van der Waals surface area contributed by atoms with Gasteiger partial charge in [-0.25, -0.2) is 0 Å². The Bertz CT molecular complexity index is 320. The molecule has 0 bridgehead atoms. The molecule has 4 heteroatoms. The van der Waals surface area contributed by atoms with Gasteiger partial charge in [0.15, 0.2) is 0 Å². The number of phenols is 1. The van der Waals surface area contributed by atoms with Gasteiger partial charge in [-0.2, -0.15) is 11.8 Å². The Kier molecular flexibility index (Phi) is 6.92. The van der Waals surface area contributed by atoms with E-state index in [1.165, 1.54) is 18.6 Å². The number of benzene rings is 1. The number of unbranched alkanes of at least 4 members (excludes halogenated alkanes) is 1. The van der Waals surface area contributed by atoms with Crippen molar-refractivity contribution >= 4 is 27.7 Å². The van der Waals surface area contributed by atoms with Crippen LogP contribution >= 0.6 is 27.7 Å². The molecule has 2 nitrogen and oxygen atoms in total. The largest absolute Gasteiger partial charge is 0.508 e. The summed E-state index contributed by atoms with van der Waals surface area (Å²) in [6, 6.07) is 5.35. The summed E-state index contributed by atoms with van der Waals surface area (Å²) in [5.74, 6) is 1.56. The SMILES string of the molecule is CSCCCCNCc1cc(O)ccc1Br. The highest BCUT2D eigenvalue weighted by atomic mass is 79.9. The molecule has 16 heavy (non-hydrogen) atoms. The molecule has 0 aliphatic rings. The fourth-order valence-electron chi connectivity index (χ4n) is 1.42. The normalized spacial score (nSPS) is 10.6. The predicted molar refractivity (Wildman–Crippen MR) is 75.1 cm³/mol. The van der Waals surface area contributed by atoms with Crippen molar-refractivity contribution in [3.63, 3.8) is 0 Å². The minimum atomic E-state index is 0.322. The van der Waals surface area contributed by atoms with Gasteiger partial charge in [0.2, 0.25) is 0 Å². The third-order valence-corrected chi connectivity index (χ3v) is 3.77. The van der Waals surface area contributed by atoms with E-state index in [4.69, 9.17) is 0 Å². The second-order valence-electron chi connectivity index (χ2n) is 3.65. The van der Waals surface area contributed by atoms with Crippen molar-refractivity contribution in [2.45, 2.75) is 19.4 Å². The van der Waals surface area contributed by atoms with Gasteiger partial charge in [0.1, 0.15) is 5.75 Å². The van der Waals surface area contributed by atoms with Crippen LogP contribution in [0.4, 0.5) is 0 Å². The summed E-state index contributed by atoms with van der Waals surface area (Å²) in [5.41, 5.74) is 1.10. The molecular weight excluding hydrogens is 286 g/mol. The van der Waals surface area contributed by atoms with Crippen molar-refractivity contribution in [3.8, 4) is 5.75 Å². The van der Waals surface area contributed by atoms with Crippen molar-refractivity contribution in [2.24, 2.45) is 0 Å². The molecule has 0 radical (unpaired) electrons. The summed E-state index contributed by atoms with van der Waals surface area (Å²) in [4.78, 5) is 0. The van der Waals surface area contributed by atoms with Crippen molar-refractivity contribution in [1.82, 2.24) is 5.32 Å². The number of thioether (sulfide) groups is 1. The van der Waals surface area contributed by atoms with Crippen molar-refractivity contribution in [1.29, 1.82) is 0 Å². The zero-order valence-electron chi connectivity index (χ0n) is 9.50. The molecule has 0 aliphatic heterocycles.